The van der Waals surface area contributed by atoms with Crippen LogP contribution >= 0.6 is 0 Å². The van der Waals surface area contributed by atoms with Crippen molar-refractivity contribution in [2.24, 2.45) is 0 Å². The number of anilines is 1. The molecule has 5 rings (SSSR count). The smallest absolute Gasteiger partial charge is 0.274 e. The number of rotatable bonds is 5. The summed E-state index contributed by atoms with van der Waals surface area (Å²) in [4.78, 5) is 30.4. The largest absolute Gasteiger partial charge is 0.382 e. The molecule has 0 atom stereocenters. The molecule has 0 saturated carbocycles. The normalized spacial score (nSPS) is 10.9. The van der Waals surface area contributed by atoms with E-state index < -0.39 is 11.7 Å². The van der Waals surface area contributed by atoms with Crippen LogP contribution in [0, 0.1) is 5.82 Å². The van der Waals surface area contributed by atoms with E-state index in [4.69, 9.17) is 5.73 Å². The Bertz CT molecular complexity index is 1510. The number of nitrogens with zero attached hydrogens (tertiary/aromatic N) is 4. The maximum atomic E-state index is 13.9. The summed E-state index contributed by atoms with van der Waals surface area (Å²) in [5.41, 5.74) is 9.69. The molecule has 0 aliphatic heterocycles. The van der Waals surface area contributed by atoms with Crippen LogP contribution in [0.2, 0.25) is 0 Å². The van der Waals surface area contributed by atoms with Gasteiger partial charge < -0.3 is 11.1 Å². The lowest BCUT2D eigenvalue weighted by Crippen LogP contribution is -2.26. The van der Waals surface area contributed by atoms with Gasteiger partial charge >= 0.3 is 0 Å². The fourth-order valence-electron chi connectivity index (χ4n) is 3.63. The molecule has 0 radical (unpaired) electrons. The minimum Gasteiger partial charge on any atom is -0.382 e. The van der Waals surface area contributed by atoms with Gasteiger partial charge in [0.2, 0.25) is 0 Å². The fraction of sp³-hybridized carbons (Fsp3) is 0.0385. The van der Waals surface area contributed by atoms with Crippen molar-refractivity contribution in [3.8, 4) is 22.5 Å². The molecule has 5 aromatic rings. The molecule has 0 spiro atoms. The third kappa shape index (κ3) is 4.16. The number of nitrogens with one attached hydrogen (secondary N) is 1. The van der Waals surface area contributed by atoms with E-state index in [1.54, 1.807) is 6.20 Å². The number of fused-ring (bicyclic) bond motifs is 1. The van der Waals surface area contributed by atoms with Crippen molar-refractivity contribution in [3.05, 3.63) is 102 Å². The topological polar surface area (TPSA) is 107 Å². The molecular weight excluding hydrogens is 431 g/mol. The van der Waals surface area contributed by atoms with Gasteiger partial charge in [-0.05, 0) is 30.3 Å². The van der Waals surface area contributed by atoms with Gasteiger partial charge in [0, 0.05) is 28.9 Å². The van der Waals surface area contributed by atoms with E-state index in [1.165, 1.54) is 18.3 Å². The molecule has 0 aliphatic carbocycles. The van der Waals surface area contributed by atoms with Gasteiger partial charge in [-0.2, -0.15) is 0 Å². The quantitative estimate of drug-likeness (QED) is 0.411. The molecule has 34 heavy (non-hydrogen) atoms. The second kappa shape index (κ2) is 9.03. The monoisotopic (exact) mass is 450 g/mol. The molecule has 0 unspecified atom stereocenters. The Kier molecular flexibility index (Phi) is 5.61. The molecule has 3 aromatic heterocycles. The predicted octanol–water partition coefficient (Wildman–Crippen LogP) is 4.41. The number of hydrogen-bond donors (Lipinski definition) is 2. The van der Waals surface area contributed by atoms with Gasteiger partial charge in [-0.15, -0.1) is 0 Å². The van der Waals surface area contributed by atoms with E-state index in [0.29, 0.717) is 11.4 Å². The molecule has 2 aromatic carbocycles. The Hall–Kier alpha value is -4.72. The third-order valence-corrected chi connectivity index (χ3v) is 5.31. The molecule has 3 N–H and O–H groups in total. The van der Waals surface area contributed by atoms with Crippen molar-refractivity contribution < 1.29 is 9.18 Å². The second-order valence-corrected chi connectivity index (χ2v) is 7.55. The van der Waals surface area contributed by atoms with Crippen molar-refractivity contribution in [2.45, 2.75) is 6.54 Å². The van der Waals surface area contributed by atoms with Gasteiger partial charge in [-0.3, -0.25) is 14.8 Å². The van der Waals surface area contributed by atoms with E-state index in [1.807, 2.05) is 60.7 Å². The van der Waals surface area contributed by atoms with E-state index in [0.717, 1.165) is 22.0 Å². The van der Waals surface area contributed by atoms with Crippen LogP contribution in [0.25, 0.3) is 33.4 Å². The number of carbonyl (C=O) groups excluding carboxylic acids is 1. The zero-order chi connectivity index (χ0) is 23.5. The minimum atomic E-state index is -0.571. The molecule has 166 valence electrons. The van der Waals surface area contributed by atoms with Crippen LogP contribution in [0.15, 0.2) is 85.2 Å². The van der Waals surface area contributed by atoms with Crippen LogP contribution in [0.1, 0.15) is 16.2 Å². The summed E-state index contributed by atoms with van der Waals surface area (Å²) in [6, 6.07) is 21.8. The average molecular weight is 450 g/mol. The van der Waals surface area contributed by atoms with Gasteiger partial charge in [-0.25, -0.2) is 14.4 Å². The standard InChI is InChI=1S/C26H19FN6O/c27-19-9-5-13-30-21(19)15-31-26(34)24-25(28)33-22(16-6-2-1-3-7-16)23(32-24)18-10-11-20-17(14-18)8-4-12-29-20/h1-14H,15H2,(H2,28,33)(H,31,34). The van der Waals surface area contributed by atoms with Crippen LogP contribution in [0.3, 0.4) is 0 Å². The highest BCUT2D eigenvalue weighted by atomic mass is 19.1. The maximum Gasteiger partial charge on any atom is 0.274 e. The molecular formula is C26H19FN6O. The van der Waals surface area contributed by atoms with Crippen molar-refractivity contribution in [1.82, 2.24) is 25.3 Å². The number of carbonyl (C=O) groups is 1. The lowest BCUT2D eigenvalue weighted by atomic mass is 10.0. The van der Waals surface area contributed by atoms with Crippen molar-refractivity contribution in [1.29, 1.82) is 0 Å². The zero-order valence-electron chi connectivity index (χ0n) is 17.9. The first-order valence-electron chi connectivity index (χ1n) is 10.6. The lowest BCUT2D eigenvalue weighted by Gasteiger charge is -2.13. The first-order valence-corrected chi connectivity index (χ1v) is 10.6. The number of benzene rings is 2. The summed E-state index contributed by atoms with van der Waals surface area (Å²) < 4.78 is 13.9. The SMILES string of the molecule is Nc1nc(-c2ccccc2)c(-c2ccc3ncccc3c2)nc1C(=O)NCc1ncccc1F. The number of pyridine rings is 2. The minimum absolute atomic E-state index is 0.0240. The Morgan fingerprint density at radius 1 is 0.853 bits per heavy atom. The highest BCUT2D eigenvalue weighted by Gasteiger charge is 2.20. The average Bonchev–Trinajstić information content (AvgIpc) is 2.88. The molecule has 8 heteroatoms. The summed E-state index contributed by atoms with van der Waals surface area (Å²) in [6.07, 6.45) is 3.19. The number of aromatic nitrogens is 4. The zero-order valence-corrected chi connectivity index (χ0v) is 17.9. The number of nitrogen functional groups attached to an aromatic ring is 1. The lowest BCUT2D eigenvalue weighted by molar-refractivity contribution is 0.0946. The molecule has 0 aliphatic rings. The predicted molar refractivity (Wildman–Crippen MR) is 128 cm³/mol. The van der Waals surface area contributed by atoms with Gasteiger partial charge in [0.05, 0.1) is 29.1 Å². The molecule has 0 fully saturated rings. The van der Waals surface area contributed by atoms with E-state index >= 15 is 0 Å². The first kappa shape index (κ1) is 21.1. The van der Waals surface area contributed by atoms with Gasteiger partial charge in [0.1, 0.15) is 5.82 Å². The van der Waals surface area contributed by atoms with Crippen LogP contribution in [0.5, 0.6) is 0 Å². The van der Waals surface area contributed by atoms with E-state index in [9.17, 15) is 9.18 Å². The molecule has 0 bridgehead atoms. The summed E-state index contributed by atoms with van der Waals surface area (Å²) in [6.45, 7) is -0.107. The second-order valence-electron chi connectivity index (χ2n) is 7.55. The highest BCUT2D eigenvalue weighted by Crippen LogP contribution is 2.32. The van der Waals surface area contributed by atoms with Crippen LogP contribution < -0.4 is 11.1 Å². The Labute approximate surface area is 194 Å². The summed E-state index contributed by atoms with van der Waals surface area (Å²) >= 11 is 0. The fourth-order valence-corrected chi connectivity index (χ4v) is 3.63. The van der Waals surface area contributed by atoms with Crippen molar-refractivity contribution >= 4 is 22.6 Å². The first-order chi connectivity index (χ1) is 16.6. The van der Waals surface area contributed by atoms with Crippen molar-refractivity contribution in [3.63, 3.8) is 0 Å². The van der Waals surface area contributed by atoms with E-state index in [-0.39, 0.29) is 23.8 Å². The van der Waals surface area contributed by atoms with Gasteiger partial charge in [0.25, 0.3) is 5.91 Å². The van der Waals surface area contributed by atoms with Gasteiger partial charge in [0.15, 0.2) is 11.5 Å². The summed E-state index contributed by atoms with van der Waals surface area (Å²) in [5.74, 6) is -1.10. The molecule has 1 amide bonds. The third-order valence-electron chi connectivity index (χ3n) is 5.31. The summed E-state index contributed by atoms with van der Waals surface area (Å²) in [5, 5.41) is 3.56. The number of hydrogen-bond acceptors (Lipinski definition) is 6. The Morgan fingerprint density at radius 3 is 2.44 bits per heavy atom. The van der Waals surface area contributed by atoms with E-state index in [2.05, 4.69) is 25.3 Å². The van der Waals surface area contributed by atoms with Crippen molar-refractivity contribution in [2.75, 3.05) is 5.73 Å². The summed E-state index contributed by atoms with van der Waals surface area (Å²) in [7, 11) is 0. The van der Waals surface area contributed by atoms with Gasteiger partial charge in [-0.1, -0.05) is 42.5 Å². The Morgan fingerprint density at radius 2 is 1.62 bits per heavy atom. The number of halogens is 1. The molecule has 7 nitrogen and oxygen atoms in total. The maximum absolute atomic E-state index is 13.9. The number of amides is 1. The number of nitrogens with two attached hydrogens (primary N) is 1. The highest BCUT2D eigenvalue weighted by molar-refractivity contribution is 5.98. The van der Waals surface area contributed by atoms with Crippen LogP contribution in [-0.4, -0.2) is 25.8 Å². The molecule has 3 heterocycles. The van der Waals surface area contributed by atoms with Crippen LogP contribution in [-0.2, 0) is 6.54 Å². The molecule has 0 saturated heterocycles. The van der Waals surface area contributed by atoms with Crippen LogP contribution in [0.4, 0.5) is 10.2 Å². The Balaban J connectivity index is 1.58.